The van der Waals surface area contributed by atoms with Crippen LogP contribution < -0.4 is 10.4 Å². The number of hydrogen-bond acceptors (Lipinski definition) is 4. The lowest BCUT2D eigenvalue weighted by molar-refractivity contribution is -0.128. The number of benzene rings is 3. The summed E-state index contributed by atoms with van der Waals surface area (Å²) in [7, 11) is -2.91. The smallest absolute Gasteiger partial charge is 0.417 e. The van der Waals surface area contributed by atoms with Crippen molar-refractivity contribution in [1.29, 1.82) is 0 Å². The maximum absolute atomic E-state index is 13.7. The van der Waals surface area contributed by atoms with E-state index < -0.39 is 26.1 Å². The zero-order valence-corrected chi connectivity index (χ0v) is 30.2. The number of rotatable bonds is 13. The minimum Gasteiger partial charge on any atom is -0.443 e. The Balaban J connectivity index is 1.67. The van der Waals surface area contributed by atoms with Crippen molar-refractivity contribution >= 4 is 30.7 Å². The van der Waals surface area contributed by atoms with Gasteiger partial charge in [-0.15, -0.1) is 0 Å². The van der Waals surface area contributed by atoms with Gasteiger partial charge in [0.2, 0.25) is 5.91 Å². The fraction of sp³-hybridized carbons (Fsp3) is 0.500. The molecule has 1 heterocycles. The molecule has 0 radical (unpaired) electrons. The number of unbranched alkanes of at least 4 members (excludes halogenated alkanes) is 5. The Morgan fingerprint density at radius 2 is 1.33 bits per heavy atom. The molecule has 0 spiro atoms. The molecule has 5 nitrogen and oxygen atoms in total. The van der Waals surface area contributed by atoms with Crippen LogP contribution in [0.25, 0.3) is 0 Å². The standard InChI is InChI=1S/C40H55NO4Si/c1-8-9-10-11-12-15-20-31-25-27-32(28-26-31)35-29-37(42)41(38(43)45-39(2,3)4)36(35)30-44-46(40(5,6)7,33-21-16-13-17-22-33)34-23-18-14-19-24-34/h13-14,16-19,21-28,35-36H,8-12,15,20,29-30H2,1-7H3/t35-,36-/m0/s1. The Morgan fingerprint density at radius 3 is 1.85 bits per heavy atom. The molecule has 0 N–H and O–H groups in total. The van der Waals surface area contributed by atoms with Gasteiger partial charge in [-0.05, 0) is 60.2 Å². The third-order valence-corrected chi connectivity index (χ3v) is 14.2. The molecule has 248 valence electrons. The van der Waals surface area contributed by atoms with Gasteiger partial charge in [0.1, 0.15) is 5.60 Å². The second-order valence-electron chi connectivity index (χ2n) is 14.9. The van der Waals surface area contributed by atoms with Crippen LogP contribution in [0.1, 0.15) is 110 Å². The van der Waals surface area contributed by atoms with Crippen LogP contribution in [0.2, 0.25) is 5.04 Å². The zero-order chi connectivity index (χ0) is 33.4. The maximum atomic E-state index is 13.7. The van der Waals surface area contributed by atoms with Gasteiger partial charge < -0.3 is 9.16 Å². The first-order valence-corrected chi connectivity index (χ1v) is 19.2. The highest BCUT2D eigenvalue weighted by molar-refractivity contribution is 6.99. The van der Waals surface area contributed by atoms with E-state index in [1.165, 1.54) is 49.0 Å². The summed E-state index contributed by atoms with van der Waals surface area (Å²) < 4.78 is 13.1. The predicted octanol–water partition coefficient (Wildman–Crippen LogP) is 8.79. The Hall–Kier alpha value is -3.22. The fourth-order valence-corrected chi connectivity index (χ4v) is 11.5. The number of amides is 2. The molecular formula is C40H55NO4Si. The number of aryl methyl sites for hydroxylation is 1. The molecule has 6 heteroatoms. The number of hydrogen-bond donors (Lipinski definition) is 0. The first-order valence-electron chi connectivity index (χ1n) is 17.3. The second kappa shape index (κ2) is 15.6. The zero-order valence-electron chi connectivity index (χ0n) is 29.2. The maximum Gasteiger partial charge on any atom is 0.417 e. The summed E-state index contributed by atoms with van der Waals surface area (Å²) in [5.74, 6) is -0.409. The van der Waals surface area contributed by atoms with E-state index in [0.717, 1.165) is 22.4 Å². The van der Waals surface area contributed by atoms with Crippen molar-refractivity contribution in [2.24, 2.45) is 0 Å². The van der Waals surface area contributed by atoms with E-state index in [-0.39, 0.29) is 29.9 Å². The van der Waals surface area contributed by atoms with Crippen molar-refractivity contribution in [2.75, 3.05) is 6.61 Å². The molecule has 2 amide bonds. The van der Waals surface area contributed by atoms with Crippen LogP contribution in [0.3, 0.4) is 0 Å². The summed E-state index contributed by atoms with van der Waals surface area (Å²) in [6.45, 7) is 14.7. The molecule has 46 heavy (non-hydrogen) atoms. The lowest BCUT2D eigenvalue weighted by atomic mass is 9.91. The molecule has 3 aromatic rings. The highest BCUT2D eigenvalue weighted by Gasteiger charge is 2.53. The van der Waals surface area contributed by atoms with Crippen LogP contribution in [-0.2, 0) is 20.4 Å². The van der Waals surface area contributed by atoms with E-state index in [1.54, 1.807) is 0 Å². The summed E-state index contributed by atoms with van der Waals surface area (Å²) in [6.07, 6.45) is 8.33. The van der Waals surface area contributed by atoms with Gasteiger partial charge in [-0.25, -0.2) is 9.69 Å². The molecule has 1 saturated heterocycles. The molecule has 1 fully saturated rings. The quantitative estimate of drug-likeness (QED) is 0.138. The van der Waals surface area contributed by atoms with Crippen LogP contribution in [0, 0.1) is 0 Å². The van der Waals surface area contributed by atoms with E-state index in [0.29, 0.717) is 0 Å². The Morgan fingerprint density at radius 1 is 0.783 bits per heavy atom. The lowest BCUT2D eigenvalue weighted by Crippen LogP contribution is -2.67. The number of ether oxygens (including phenoxy) is 1. The van der Waals surface area contributed by atoms with Crippen molar-refractivity contribution < 1.29 is 18.8 Å². The number of nitrogens with zero attached hydrogens (tertiary/aromatic N) is 1. The Labute approximate surface area is 278 Å². The number of likely N-dealkylation sites (tertiary alicyclic amines) is 1. The molecule has 0 aromatic heterocycles. The molecule has 1 aliphatic rings. The normalized spacial score (nSPS) is 17.4. The van der Waals surface area contributed by atoms with Gasteiger partial charge in [0.05, 0.1) is 12.6 Å². The minimum absolute atomic E-state index is 0.193. The highest BCUT2D eigenvalue weighted by Crippen LogP contribution is 2.40. The average molecular weight is 642 g/mol. The summed E-state index contributed by atoms with van der Waals surface area (Å²) in [5.41, 5.74) is 1.65. The molecule has 0 aliphatic carbocycles. The summed E-state index contributed by atoms with van der Waals surface area (Å²) in [4.78, 5) is 28.6. The predicted molar refractivity (Wildman–Crippen MR) is 191 cm³/mol. The van der Waals surface area contributed by atoms with Crippen molar-refractivity contribution in [3.05, 3.63) is 96.1 Å². The third-order valence-electron chi connectivity index (χ3n) is 9.16. The SMILES string of the molecule is CCCCCCCCc1ccc([C@@H]2CC(=O)N(C(=O)OC(C)(C)C)[C@H]2CO[Si](c2ccccc2)(c2ccccc2)C(C)(C)C)cc1. The Kier molecular flexibility index (Phi) is 12.1. The second-order valence-corrected chi connectivity index (χ2v) is 19.2. The van der Waals surface area contributed by atoms with Gasteiger partial charge in [0.15, 0.2) is 0 Å². The molecule has 1 aliphatic heterocycles. The van der Waals surface area contributed by atoms with Crippen molar-refractivity contribution in [1.82, 2.24) is 4.90 Å². The van der Waals surface area contributed by atoms with Crippen molar-refractivity contribution in [3.8, 4) is 0 Å². The average Bonchev–Trinajstić information content (AvgIpc) is 3.35. The monoisotopic (exact) mass is 641 g/mol. The van der Waals surface area contributed by atoms with Crippen LogP contribution in [-0.4, -0.2) is 43.5 Å². The van der Waals surface area contributed by atoms with Gasteiger partial charge in [-0.1, -0.05) is 145 Å². The molecular weight excluding hydrogens is 587 g/mol. The number of carbonyl (C=O) groups excluding carboxylic acids is 2. The van der Waals surface area contributed by atoms with Gasteiger partial charge in [0.25, 0.3) is 8.32 Å². The number of carbonyl (C=O) groups is 2. The van der Waals surface area contributed by atoms with Crippen molar-refractivity contribution in [3.63, 3.8) is 0 Å². The first-order chi connectivity index (χ1) is 21.9. The summed E-state index contributed by atoms with van der Waals surface area (Å²) in [6, 6.07) is 29.2. The first kappa shape index (κ1) is 35.6. The van der Waals surface area contributed by atoms with Gasteiger partial charge in [0, 0.05) is 12.3 Å². The third kappa shape index (κ3) is 8.57. The van der Waals surface area contributed by atoms with E-state index in [9.17, 15) is 9.59 Å². The molecule has 0 unspecified atom stereocenters. The Bertz CT molecular complexity index is 1350. The van der Waals surface area contributed by atoms with Crippen LogP contribution in [0.4, 0.5) is 4.79 Å². The summed E-state index contributed by atoms with van der Waals surface area (Å²) >= 11 is 0. The molecule has 0 saturated carbocycles. The van der Waals surface area contributed by atoms with Gasteiger partial charge >= 0.3 is 6.09 Å². The van der Waals surface area contributed by atoms with Crippen molar-refractivity contribution in [2.45, 2.75) is 122 Å². The van der Waals surface area contributed by atoms with Crippen LogP contribution in [0.15, 0.2) is 84.9 Å². The van der Waals surface area contributed by atoms with Gasteiger partial charge in [-0.3, -0.25) is 4.79 Å². The van der Waals surface area contributed by atoms with E-state index in [2.05, 4.69) is 100 Å². The highest BCUT2D eigenvalue weighted by atomic mass is 28.4. The van der Waals surface area contributed by atoms with E-state index >= 15 is 0 Å². The summed E-state index contributed by atoms with van der Waals surface area (Å²) in [5, 5.41) is 2.10. The fourth-order valence-electron chi connectivity index (χ4n) is 6.88. The van der Waals surface area contributed by atoms with Gasteiger partial charge in [-0.2, -0.15) is 0 Å². The largest absolute Gasteiger partial charge is 0.443 e. The molecule has 0 bridgehead atoms. The molecule has 2 atom stereocenters. The van der Waals surface area contributed by atoms with E-state index in [4.69, 9.17) is 9.16 Å². The van der Waals surface area contributed by atoms with E-state index in [1.807, 2.05) is 32.9 Å². The molecule has 3 aromatic carbocycles. The lowest BCUT2D eigenvalue weighted by Gasteiger charge is -2.44. The minimum atomic E-state index is -2.91. The topological polar surface area (TPSA) is 55.8 Å². The number of imide groups is 1. The molecule has 4 rings (SSSR count). The van der Waals surface area contributed by atoms with Crippen LogP contribution in [0.5, 0.6) is 0 Å². The van der Waals surface area contributed by atoms with Crippen LogP contribution >= 0.6 is 0 Å².